The summed E-state index contributed by atoms with van der Waals surface area (Å²) in [6, 6.07) is 9.15. The van der Waals surface area contributed by atoms with Crippen LogP contribution in [0.25, 0.3) is 0 Å². The predicted octanol–water partition coefficient (Wildman–Crippen LogP) is 2.85. The van der Waals surface area contributed by atoms with Crippen molar-refractivity contribution >= 4 is 6.29 Å². The van der Waals surface area contributed by atoms with Crippen LogP contribution in [0.3, 0.4) is 0 Å². The van der Waals surface area contributed by atoms with Gasteiger partial charge in [0.25, 0.3) is 0 Å². The number of nitrogens with zero attached hydrogens (tertiary/aromatic N) is 2. The zero-order valence-electron chi connectivity index (χ0n) is 9.89. The molecule has 6 heteroatoms. The summed E-state index contributed by atoms with van der Waals surface area (Å²) in [7, 11) is 0. The molecule has 0 N–H and O–H groups in total. The first-order valence-electron chi connectivity index (χ1n) is 5.60. The van der Waals surface area contributed by atoms with Gasteiger partial charge < -0.3 is 0 Å². The summed E-state index contributed by atoms with van der Waals surface area (Å²) in [6.45, 7) is -1.19. The first kappa shape index (κ1) is 13.3. The number of rotatable bonds is 4. The molecule has 2 rings (SSSR count). The third-order valence-corrected chi connectivity index (χ3v) is 2.55. The van der Waals surface area contributed by atoms with E-state index in [2.05, 4.69) is 5.10 Å². The van der Waals surface area contributed by atoms with Crippen molar-refractivity contribution in [1.82, 2.24) is 9.78 Å². The van der Waals surface area contributed by atoms with Crippen molar-refractivity contribution in [3.63, 3.8) is 0 Å². The zero-order valence-corrected chi connectivity index (χ0v) is 9.89. The predicted molar refractivity (Wildman–Crippen MR) is 62.9 cm³/mol. The number of alkyl halides is 3. The minimum absolute atomic E-state index is 0.188. The van der Waals surface area contributed by atoms with Crippen molar-refractivity contribution in [3.05, 3.63) is 53.3 Å². The van der Waals surface area contributed by atoms with Crippen molar-refractivity contribution in [2.45, 2.75) is 19.1 Å². The molecule has 2 aromatic rings. The van der Waals surface area contributed by atoms with E-state index >= 15 is 0 Å². The molecule has 0 spiro atoms. The lowest BCUT2D eigenvalue weighted by molar-refractivity contribution is -0.142. The fourth-order valence-corrected chi connectivity index (χ4v) is 1.77. The highest BCUT2D eigenvalue weighted by Crippen LogP contribution is 2.19. The Balaban J connectivity index is 2.23. The summed E-state index contributed by atoms with van der Waals surface area (Å²) in [4.78, 5) is 10.9. The normalized spacial score (nSPS) is 11.5. The molecule has 3 nitrogen and oxygen atoms in total. The molecular weight excluding hydrogens is 257 g/mol. The molecule has 1 heterocycles. The van der Waals surface area contributed by atoms with Gasteiger partial charge in [0.15, 0.2) is 6.29 Å². The molecule has 0 bridgehead atoms. The van der Waals surface area contributed by atoms with Crippen LogP contribution in [0.1, 0.15) is 21.6 Å². The summed E-state index contributed by atoms with van der Waals surface area (Å²) < 4.78 is 37.5. The average molecular weight is 268 g/mol. The van der Waals surface area contributed by atoms with Gasteiger partial charge >= 0.3 is 6.18 Å². The molecule has 0 saturated carbocycles. The Bertz CT molecular complexity index is 561. The maximum atomic E-state index is 12.3. The lowest BCUT2D eigenvalue weighted by atomic mass is 10.1. The first-order chi connectivity index (χ1) is 8.98. The second kappa shape index (κ2) is 5.26. The molecular formula is C13H11F3N2O. The minimum Gasteiger partial charge on any atom is -0.298 e. The maximum Gasteiger partial charge on any atom is 0.408 e. The highest BCUT2D eigenvalue weighted by Gasteiger charge is 2.29. The first-order valence-corrected chi connectivity index (χ1v) is 5.60. The highest BCUT2D eigenvalue weighted by molar-refractivity contribution is 5.76. The molecule has 0 unspecified atom stereocenters. The monoisotopic (exact) mass is 268 g/mol. The third kappa shape index (κ3) is 3.67. The SMILES string of the molecule is O=Cc1cn(CC(F)(F)F)nc1Cc1ccccc1. The van der Waals surface area contributed by atoms with Gasteiger partial charge in [-0.1, -0.05) is 30.3 Å². The zero-order chi connectivity index (χ0) is 13.9. The molecule has 0 aliphatic heterocycles. The summed E-state index contributed by atoms with van der Waals surface area (Å²) in [5, 5.41) is 3.83. The van der Waals surface area contributed by atoms with Gasteiger partial charge in [0.2, 0.25) is 0 Å². The van der Waals surface area contributed by atoms with Crippen LogP contribution < -0.4 is 0 Å². The van der Waals surface area contributed by atoms with Crippen LogP contribution in [0.15, 0.2) is 36.5 Å². The summed E-state index contributed by atoms with van der Waals surface area (Å²) in [5.41, 5.74) is 1.43. The molecule has 0 aliphatic carbocycles. The van der Waals surface area contributed by atoms with Crippen LogP contribution in [0.5, 0.6) is 0 Å². The fraction of sp³-hybridized carbons (Fsp3) is 0.231. The number of halogens is 3. The van der Waals surface area contributed by atoms with Gasteiger partial charge in [-0.15, -0.1) is 0 Å². The lowest BCUT2D eigenvalue weighted by Gasteiger charge is -2.05. The quantitative estimate of drug-likeness (QED) is 0.799. The van der Waals surface area contributed by atoms with Crippen molar-refractivity contribution < 1.29 is 18.0 Å². The molecule has 0 radical (unpaired) electrons. The minimum atomic E-state index is -4.35. The molecule has 0 saturated heterocycles. The summed E-state index contributed by atoms with van der Waals surface area (Å²) in [5.74, 6) is 0. The van der Waals surface area contributed by atoms with Crippen LogP contribution in [0.4, 0.5) is 13.2 Å². The molecule has 0 amide bonds. The van der Waals surface area contributed by atoms with Crippen molar-refractivity contribution in [3.8, 4) is 0 Å². The van der Waals surface area contributed by atoms with Gasteiger partial charge in [0.1, 0.15) is 6.54 Å². The van der Waals surface area contributed by atoms with Crippen molar-refractivity contribution in [2.75, 3.05) is 0 Å². The van der Waals surface area contributed by atoms with E-state index < -0.39 is 12.7 Å². The molecule has 1 aromatic heterocycles. The maximum absolute atomic E-state index is 12.3. The molecule has 100 valence electrons. The smallest absolute Gasteiger partial charge is 0.298 e. The third-order valence-electron chi connectivity index (χ3n) is 2.55. The molecule has 0 atom stereocenters. The number of carbonyl (C=O) groups is 1. The topological polar surface area (TPSA) is 34.9 Å². The summed E-state index contributed by atoms with van der Waals surface area (Å²) >= 11 is 0. The Morgan fingerprint density at radius 1 is 1.21 bits per heavy atom. The van der Waals surface area contributed by atoms with E-state index in [0.29, 0.717) is 18.4 Å². The van der Waals surface area contributed by atoms with Crippen LogP contribution >= 0.6 is 0 Å². The second-order valence-corrected chi connectivity index (χ2v) is 4.12. The Hall–Kier alpha value is -2.11. The van der Waals surface area contributed by atoms with E-state index in [-0.39, 0.29) is 5.56 Å². The second-order valence-electron chi connectivity index (χ2n) is 4.12. The van der Waals surface area contributed by atoms with E-state index in [4.69, 9.17) is 0 Å². The van der Waals surface area contributed by atoms with Gasteiger partial charge in [0, 0.05) is 12.6 Å². The van der Waals surface area contributed by atoms with Crippen LogP contribution in [-0.2, 0) is 13.0 Å². The Morgan fingerprint density at radius 2 is 1.89 bits per heavy atom. The number of benzene rings is 1. The number of aldehydes is 1. The molecule has 19 heavy (non-hydrogen) atoms. The lowest BCUT2D eigenvalue weighted by Crippen LogP contribution is -2.18. The van der Waals surface area contributed by atoms with E-state index in [1.807, 2.05) is 30.3 Å². The van der Waals surface area contributed by atoms with E-state index in [0.717, 1.165) is 16.4 Å². The van der Waals surface area contributed by atoms with E-state index in [1.54, 1.807) is 0 Å². The summed E-state index contributed by atoms with van der Waals surface area (Å²) in [6.07, 6.45) is -2.37. The van der Waals surface area contributed by atoms with Gasteiger partial charge in [0.05, 0.1) is 11.3 Å². The molecule has 0 aliphatic rings. The number of hydrogen-bond donors (Lipinski definition) is 0. The number of hydrogen-bond acceptors (Lipinski definition) is 2. The van der Waals surface area contributed by atoms with Gasteiger partial charge in [-0.3, -0.25) is 9.48 Å². The molecule has 0 fully saturated rings. The Labute approximate surface area is 107 Å². The highest BCUT2D eigenvalue weighted by atomic mass is 19.4. The fourth-order valence-electron chi connectivity index (χ4n) is 1.77. The standard InChI is InChI=1S/C13H11F3N2O/c14-13(15,16)9-18-7-11(8-19)12(17-18)6-10-4-2-1-3-5-10/h1-5,7-8H,6,9H2. The van der Waals surface area contributed by atoms with Crippen LogP contribution in [0, 0.1) is 0 Å². The van der Waals surface area contributed by atoms with E-state index in [9.17, 15) is 18.0 Å². The van der Waals surface area contributed by atoms with Crippen molar-refractivity contribution in [2.24, 2.45) is 0 Å². The van der Waals surface area contributed by atoms with Gasteiger partial charge in [-0.05, 0) is 5.56 Å². The number of aromatic nitrogens is 2. The van der Waals surface area contributed by atoms with Gasteiger partial charge in [-0.25, -0.2) is 0 Å². The molecule has 1 aromatic carbocycles. The van der Waals surface area contributed by atoms with Crippen molar-refractivity contribution in [1.29, 1.82) is 0 Å². The van der Waals surface area contributed by atoms with Crippen LogP contribution in [-0.4, -0.2) is 22.2 Å². The number of carbonyl (C=O) groups excluding carboxylic acids is 1. The Morgan fingerprint density at radius 3 is 2.47 bits per heavy atom. The van der Waals surface area contributed by atoms with Gasteiger partial charge in [-0.2, -0.15) is 18.3 Å². The van der Waals surface area contributed by atoms with E-state index in [1.165, 1.54) is 0 Å². The van der Waals surface area contributed by atoms with Crippen LogP contribution in [0.2, 0.25) is 0 Å². The largest absolute Gasteiger partial charge is 0.408 e. The Kier molecular flexibility index (Phi) is 3.69. The average Bonchev–Trinajstić information content (AvgIpc) is 2.70.